The van der Waals surface area contributed by atoms with Crippen molar-refractivity contribution in [3.05, 3.63) is 30.3 Å². The third-order valence-electron chi connectivity index (χ3n) is 1.33. The van der Waals surface area contributed by atoms with Crippen molar-refractivity contribution in [1.29, 1.82) is 0 Å². The lowest BCUT2D eigenvalue weighted by atomic mass is 10.4. The van der Waals surface area contributed by atoms with E-state index < -0.39 is 11.2 Å². The van der Waals surface area contributed by atoms with Crippen molar-refractivity contribution >= 4 is 11.2 Å². The number of hydrogen-bond acceptors (Lipinski definition) is 1. The first kappa shape index (κ1) is 8.62. The summed E-state index contributed by atoms with van der Waals surface area (Å²) < 4.78 is 11.3. The van der Waals surface area contributed by atoms with E-state index in [4.69, 9.17) is 0 Å². The molecule has 0 N–H and O–H groups in total. The van der Waals surface area contributed by atoms with Gasteiger partial charge >= 0.3 is 0 Å². The standard InChI is InChI=1S/C9H11OS/c1-2-8-11(10)9-6-4-3-5-7-9/h3-4,6-7H,2,8H2,1H3. The van der Waals surface area contributed by atoms with Gasteiger partial charge in [-0.15, -0.1) is 0 Å². The number of benzene rings is 1. The Morgan fingerprint density at radius 3 is 3.00 bits per heavy atom. The van der Waals surface area contributed by atoms with Crippen LogP contribution in [0.2, 0.25) is 0 Å². The minimum absolute atomic E-state index is 0.748. The van der Waals surface area contributed by atoms with E-state index in [1.165, 1.54) is 0 Å². The Morgan fingerprint density at radius 1 is 1.64 bits per heavy atom. The van der Waals surface area contributed by atoms with E-state index in [0.29, 0.717) is 0 Å². The third-order valence-corrected chi connectivity index (χ3v) is 2.89. The molecule has 0 saturated heterocycles. The van der Waals surface area contributed by atoms with Crippen molar-refractivity contribution in [2.24, 2.45) is 0 Å². The predicted molar refractivity (Wildman–Crippen MR) is 46.8 cm³/mol. The maximum absolute atomic E-state index is 11.3. The van der Waals surface area contributed by atoms with E-state index in [-0.39, 0.29) is 0 Å². The van der Waals surface area contributed by atoms with Crippen LogP contribution in [-0.4, -0.2) is 10.3 Å². The minimum Gasteiger partial charge on any atom is -0.611 e. The van der Waals surface area contributed by atoms with Crippen molar-refractivity contribution in [2.75, 3.05) is 5.75 Å². The van der Waals surface area contributed by atoms with E-state index in [1.54, 1.807) is 6.07 Å². The molecule has 11 heavy (non-hydrogen) atoms. The van der Waals surface area contributed by atoms with Crippen LogP contribution in [0, 0.1) is 6.07 Å². The van der Waals surface area contributed by atoms with Gasteiger partial charge in [0.25, 0.3) is 0 Å². The van der Waals surface area contributed by atoms with Gasteiger partial charge in [0.15, 0.2) is 4.90 Å². The van der Waals surface area contributed by atoms with E-state index in [9.17, 15) is 4.55 Å². The average molecular weight is 167 g/mol. The number of hydrogen-bond donors (Lipinski definition) is 0. The highest BCUT2D eigenvalue weighted by Crippen LogP contribution is 2.09. The molecule has 0 saturated carbocycles. The van der Waals surface area contributed by atoms with Crippen molar-refractivity contribution in [3.63, 3.8) is 0 Å². The summed E-state index contributed by atoms with van der Waals surface area (Å²) in [5.41, 5.74) is 0. The van der Waals surface area contributed by atoms with Gasteiger partial charge in [0.2, 0.25) is 0 Å². The molecule has 0 aliphatic carbocycles. The molecule has 0 aromatic heterocycles. The molecule has 1 radical (unpaired) electrons. The summed E-state index contributed by atoms with van der Waals surface area (Å²) in [7, 11) is 0. The summed E-state index contributed by atoms with van der Waals surface area (Å²) in [6.07, 6.45) is 0.960. The first-order chi connectivity index (χ1) is 5.34. The van der Waals surface area contributed by atoms with Crippen LogP contribution in [0.25, 0.3) is 0 Å². The summed E-state index contributed by atoms with van der Waals surface area (Å²) in [5, 5.41) is 0. The third kappa shape index (κ3) is 2.56. The van der Waals surface area contributed by atoms with E-state index in [2.05, 4.69) is 6.07 Å². The lowest BCUT2D eigenvalue weighted by molar-refractivity contribution is 0.593. The van der Waals surface area contributed by atoms with E-state index in [1.807, 2.05) is 25.1 Å². The first-order valence-corrected chi connectivity index (χ1v) is 5.01. The van der Waals surface area contributed by atoms with E-state index in [0.717, 1.165) is 17.1 Å². The Balaban J connectivity index is 2.61. The van der Waals surface area contributed by atoms with Gasteiger partial charge < -0.3 is 4.55 Å². The van der Waals surface area contributed by atoms with Crippen LogP contribution in [0.3, 0.4) is 0 Å². The fraction of sp³-hybridized carbons (Fsp3) is 0.333. The van der Waals surface area contributed by atoms with Gasteiger partial charge in [0.05, 0.1) is 0 Å². The van der Waals surface area contributed by atoms with Crippen LogP contribution in [0.4, 0.5) is 0 Å². The Kier molecular flexibility index (Phi) is 3.46. The molecule has 0 amide bonds. The molecule has 0 aliphatic rings. The van der Waals surface area contributed by atoms with Crippen LogP contribution in [0.5, 0.6) is 0 Å². The fourth-order valence-electron chi connectivity index (χ4n) is 0.822. The molecule has 0 bridgehead atoms. The Labute approximate surface area is 70.6 Å². The van der Waals surface area contributed by atoms with Crippen molar-refractivity contribution < 1.29 is 4.55 Å². The van der Waals surface area contributed by atoms with Gasteiger partial charge in [0, 0.05) is 6.07 Å². The largest absolute Gasteiger partial charge is 0.611 e. The number of rotatable bonds is 3. The minimum atomic E-state index is -0.815. The predicted octanol–water partition coefficient (Wildman–Crippen LogP) is 2.00. The van der Waals surface area contributed by atoms with Crippen LogP contribution < -0.4 is 0 Å². The van der Waals surface area contributed by atoms with Crippen LogP contribution in [0.1, 0.15) is 13.3 Å². The highest BCUT2D eigenvalue weighted by atomic mass is 32.2. The zero-order chi connectivity index (χ0) is 8.10. The molecule has 1 atom stereocenters. The van der Waals surface area contributed by atoms with Crippen molar-refractivity contribution in [2.45, 2.75) is 18.2 Å². The highest BCUT2D eigenvalue weighted by Gasteiger charge is 2.06. The Morgan fingerprint density at radius 2 is 2.45 bits per heavy atom. The second-order valence-electron chi connectivity index (χ2n) is 2.29. The van der Waals surface area contributed by atoms with E-state index >= 15 is 0 Å². The monoisotopic (exact) mass is 167 g/mol. The maximum Gasteiger partial charge on any atom is 0.153 e. The summed E-state index contributed by atoms with van der Waals surface area (Å²) in [6, 6.07) is 10.2. The molecule has 1 aromatic carbocycles. The Bertz CT molecular complexity index is 198. The normalized spacial score (nSPS) is 12.9. The SMILES string of the molecule is CCC[S+]([O-])c1c[c]ccc1. The van der Waals surface area contributed by atoms with Crippen LogP contribution in [-0.2, 0) is 11.2 Å². The van der Waals surface area contributed by atoms with Crippen LogP contribution in [0.15, 0.2) is 29.2 Å². The molecule has 1 aromatic rings. The van der Waals surface area contributed by atoms with Gasteiger partial charge in [-0.2, -0.15) is 0 Å². The summed E-state index contributed by atoms with van der Waals surface area (Å²) in [6.45, 7) is 2.03. The zero-order valence-electron chi connectivity index (χ0n) is 6.54. The molecule has 2 heteroatoms. The molecular formula is C9H11OS. The van der Waals surface area contributed by atoms with Gasteiger partial charge in [-0.3, -0.25) is 0 Å². The molecule has 0 spiro atoms. The maximum atomic E-state index is 11.3. The zero-order valence-corrected chi connectivity index (χ0v) is 7.36. The molecular weight excluding hydrogens is 156 g/mol. The molecule has 1 unspecified atom stereocenters. The fourth-order valence-corrected chi connectivity index (χ4v) is 1.86. The van der Waals surface area contributed by atoms with Crippen molar-refractivity contribution in [1.82, 2.24) is 0 Å². The smallest absolute Gasteiger partial charge is 0.153 e. The molecule has 1 rings (SSSR count). The topological polar surface area (TPSA) is 23.1 Å². The van der Waals surface area contributed by atoms with Gasteiger partial charge in [0.1, 0.15) is 5.75 Å². The molecule has 0 aliphatic heterocycles. The highest BCUT2D eigenvalue weighted by molar-refractivity contribution is 7.91. The summed E-state index contributed by atoms with van der Waals surface area (Å²) in [5.74, 6) is 0.748. The summed E-state index contributed by atoms with van der Waals surface area (Å²) >= 11 is -0.815. The molecule has 1 nitrogen and oxygen atoms in total. The van der Waals surface area contributed by atoms with Crippen molar-refractivity contribution in [3.8, 4) is 0 Å². The van der Waals surface area contributed by atoms with Crippen LogP contribution >= 0.6 is 0 Å². The summed E-state index contributed by atoms with van der Waals surface area (Å²) in [4.78, 5) is 0.884. The average Bonchev–Trinajstić information content (AvgIpc) is 2.07. The molecule has 0 fully saturated rings. The lowest BCUT2D eigenvalue weighted by Crippen LogP contribution is -2.05. The van der Waals surface area contributed by atoms with Gasteiger partial charge in [-0.05, 0) is 29.7 Å². The molecule has 59 valence electrons. The second-order valence-corrected chi connectivity index (χ2v) is 3.86. The quantitative estimate of drug-likeness (QED) is 0.631. The first-order valence-electron chi connectivity index (χ1n) is 3.69. The Hall–Kier alpha value is -0.470. The van der Waals surface area contributed by atoms with Gasteiger partial charge in [-0.1, -0.05) is 19.1 Å². The van der Waals surface area contributed by atoms with Gasteiger partial charge in [-0.25, -0.2) is 0 Å². The lowest BCUT2D eigenvalue weighted by Gasteiger charge is -2.07. The second kappa shape index (κ2) is 4.42. The molecule has 0 heterocycles.